The molecule has 0 aliphatic rings. The molecule has 6 heteroatoms. The van der Waals surface area contributed by atoms with Crippen LogP contribution in [0.25, 0.3) is 0 Å². The predicted octanol–water partition coefficient (Wildman–Crippen LogP) is 1.23. The molecule has 1 heterocycles. The maximum Gasteiger partial charge on any atom is 0.269 e. The van der Waals surface area contributed by atoms with Gasteiger partial charge >= 0.3 is 0 Å². The first-order valence-electron chi connectivity index (χ1n) is 3.76. The van der Waals surface area contributed by atoms with Gasteiger partial charge in [-0.25, -0.2) is 13.8 Å². The molecule has 0 spiro atoms. The van der Waals surface area contributed by atoms with Crippen LogP contribution in [0.5, 0.6) is 11.6 Å². The molecule has 14 heavy (non-hydrogen) atoms. The lowest BCUT2D eigenvalue weighted by Gasteiger charge is -2.09. The summed E-state index contributed by atoms with van der Waals surface area (Å²) in [5.41, 5.74) is -0.589. The van der Waals surface area contributed by atoms with Crippen molar-refractivity contribution in [2.75, 3.05) is 7.11 Å². The number of pyridine rings is 1. The van der Waals surface area contributed by atoms with Crippen LogP contribution in [0.2, 0.25) is 0 Å². The molecule has 0 aliphatic carbocycles. The summed E-state index contributed by atoms with van der Waals surface area (Å²) in [5, 5.41) is 17.9. The molecule has 0 saturated heterocycles. The van der Waals surface area contributed by atoms with Gasteiger partial charge in [-0.1, -0.05) is 0 Å². The van der Waals surface area contributed by atoms with Crippen molar-refractivity contribution in [2.45, 2.75) is 13.0 Å². The van der Waals surface area contributed by atoms with E-state index >= 15 is 0 Å². The molecular formula is C8H9F2NO3. The van der Waals surface area contributed by atoms with Gasteiger partial charge in [-0.3, -0.25) is 0 Å². The third-order valence-corrected chi connectivity index (χ3v) is 1.65. The first kappa shape index (κ1) is 10.6. The van der Waals surface area contributed by atoms with E-state index < -0.39 is 24.3 Å². The Hall–Kier alpha value is -1.43. The minimum atomic E-state index is -2.78. The molecule has 0 unspecified atom stereocenters. The average molecular weight is 205 g/mol. The van der Waals surface area contributed by atoms with E-state index in [2.05, 4.69) is 9.72 Å². The maximum absolute atomic E-state index is 12.3. The van der Waals surface area contributed by atoms with E-state index in [1.807, 2.05) is 0 Å². The van der Waals surface area contributed by atoms with Crippen molar-refractivity contribution in [2.24, 2.45) is 0 Å². The molecule has 78 valence electrons. The number of aliphatic hydroxyl groups excluding tert-OH is 1. The number of halogens is 2. The zero-order chi connectivity index (χ0) is 10.7. The van der Waals surface area contributed by atoms with E-state index in [0.717, 1.165) is 6.07 Å². The fraction of sp³-hybridized carbons (Fsp3) is 0.375. The summed E-state index contributed by atoms with van der Waals surface area (Å²) in [4.78, 5) is 3.53. The van der Waals surface area contributed by atoms with Crippen LogP contribution in [0, 0.1) is 0 Å². The lowest BCUT2D eigenvalue weighted by atomic mass is 10.2. The normalized spacial score (nSPS) is 10.6. The van der Waals surface area contributed by atoms with Crippen molar-refractivity contribution < 1.29 is 23.7 Å². The number of aromatic hydroxyl groups is 1. The van der Waals surface area contributed by atoms with Gasteiger partial charge in [0.1, 0.15) is 11.4 Å². The molecule has 0 aromatic carbocycles. The highest BCUT2D eigenvalue weighted by molar-refractivity contribution is 5.38. The lowest BCUT2D eigenvalue weighted by molar-refractivity contribution is 0.145. The molecule has 1 aromatic rings. The van der Waals surface area contributed by atoms with Crippen molar-refractivity contribution in [1.82, 2.24) is 4.98 Å². The van der Waals surface area contributed by atoms with Crippen LogP contribution in [0.4, 0.5) is 8.78 Å². The number of nitrogens with zero attached hydrogens (tertiary/aromatic N) is 1. The number of methoxy groups -OCH3 is 1. The topological polar surface area (TPSA) is 62.6 Å². The SMILES string of the molecule is COc1nc(CO)c(O)cc1C(F)F. The summed E-state index contributed by atoms with van der Waals surface area (Å²) in [6.07, 6.45) is -2.78. The molecular weight excluding hydrogens is 196 g/mol. The van der Waals surface area contributed by atoms with Crippen LogP contribution in [0.1, 0.15) is 17.7 Å². The largest absolute Gasteiger partial charge is 0.506 e. The Bertz CT molecular complexity index is 331. The Kier molecular flexibility index (Phi) is 3.19. The Morgan fingerprint density at radius 1 is 1.57 bits per heavy atom. The highest BCUT2D eigenvalue weighted by Crippen LogP contribution is 2.31. The fourth-order valence-electron chi connectivity index (χ4n) is 0.973. The van der Waals surface area contributed by atoms with Gasteiger partial charge in [0.05, 0.1) is 19.3 Å². The highest BCUT2D eigenvalue weighted by Gasteiger charge is 2.18. The molecule has 0 bridgehead atoms. The molecule has 0 atom stereocenters. The second-order valence-electron chi connectivity index (χ2n) is 2.51. The van der Waals surface area contributed by atoms with Crippen LogP contribution in [0.3, 0.4) is 0 Å². The molecule has 0 saturated carbocycles. The van der Waals surface area contributed by atoms with Gasteiger partial charge in [-0.05, 0) is 6.07 Å². The fourth-order valence-corrected chi connectivity index (χ4v) is 0.973. The number of aromatic nitrogens is 1. The summed E-state index contributed by atoms with van der Waals surface area (Å²) in [7, 11) is 1.19. The van der Waals surface area contributed by atoms with Crippen molar-refractivity contribution in [3.63, 3.8) is 0 Å². The van der Waals surface area contributed by atoms with Crippen molar-refractivity contribution in [3.05, 3.63) is 17.3 Å². The summed E-state index contributed by atoms with van der Waals surface area (Å²) in [6.45, 7) is -0.536. The summed E-state index contributed by atoms with van der Waals surface area (Å²) >= 11 is 0. The molecule has 2 N–H and O–H groups in total. The Labute approximate surface area is 78.8 Å². The van der Waals surface area contributed by atoms with E-state index in [0.29, 0.717) is 0 Å². The summed E-state index contributed by atoms with van der Waals surface area (Å²) in [6, 6.07) is 0.835. The molecule has 0 radical (unpaired) electrons. The van der Waals surface area contributed by atoms with Crippen LogP contribution >= 0.6 is 0 Å². The monoisotopic (exact) mass is 205 g/mol. The Balaban J connectivity index is 3.24. The molecule has 0 aliphatic heterocycles. The first-order valence-corrected chi connectivity index (χ1v) is 3.76. The molecule has 0 fully saturated rings. The van der Waals surface area contributed by atoms with Crippen molar-refractivity contribution >= 4 is 0 Å². The Morgan fingerprint density at radius 2 is 2.21 bits per heavy atom. The zero-order valence-electron chi connectivity index (χ0n) is 7.37. The minimum absolute atomic E-state index is 0.0914. The van der Waals surface area contributed by atoms with Crippen LogP contribution in [0.15, 0.2) is 6.07 Å². The summed E-state index contributed by atoms with van der Waals surface area (Å²) in [5.74, 6) is -0.759. The first-order chi connectivity index (χ1) is 6.60. The van der Waals surface area contributed by atoms with Crippen LogP contribution in [-0.4, -0.2) is 22.3 Å². The highest BCUT2D eigenvalue weighted by atomic mass is 19.3. The second kappa shape index (κ2) is 4.19. The predicted molar refractivity (Wildman–Crippen MR) is 43.3 cm³/mol. The third-order valence-electron chi connectivity index (χ3n) is 1.65. The third kappa shape index (κ3) is 1.90. The van der Waals surface area contributed by atoms with E-state index in [-0.39, 0.29) is 11.6 Å². The van der Waals surface area contributed by atoms with E-state index in [1.54, 1.807) is 0 Å². The van der Waals surface area contributed by atoms with Crippen LogP contribution < -0.4 is 4.74 Å². The number of alkyl halides is 2. The standard InChI is InChI=1S/C8H9F2NO3/c1-14-8-4(7(9)10)2-6(13)5(3-12)11-8/h2,7,12-13H,3H2,1H3. The van der Waals surface area contributed by atoms with Gasteiger partial charge in [0.15, 0.2) is 0 Å². The van der Waals surface area contributed by atoms with Crippen molar-refractivity contribution in [3.8, 4) is 11.6 Å². The minimum Gasteiger partial charge on any atom is -0.506 e. The molecule has 0 amide bonds. The van der Waals surface area contributed by atoms with E-state index in [4.69, 9.17) is 10.2 Å². The summed E-state index contributed by atoms with van der Waals surface area (Å²) < 4.78 is 29.3. The van der Waals surface area contributed by atoms with Gasteiger partial charge in [0.25, 0.3) is 6.43 Å². The second-order valence-corrected chi connectivity index (χ2v) is 2.51. The van der Waals surface area contributed by atoms with Crippen LogP contribution in [-0.2, 0) is 6.61 Å². The Morgan fingerprint density at radius 3 is 2.64 bits per heavy atom. The smallest absolute Gasteiger partial charge is 0.269 e. The number of aliphatic hydroxyl groups is 1. The molecule has 1 rings (SSSR count). The van der Waals surface area contributed by atoms with Crippen molar-refractivity contribution in [1.29, 1.82) is 0 Å². The lowest BCUT2D eigenvalue weighted by Crippen LogP contribution is -2.00. The number of rotatable bonds is 3. The maximum atomic E-state index is 12.3. The average Bonchev–Trinajstić information content (AvgIpc) is 2.17. The van der Waals surface area contributed by atoms with E-state index in [9.17, 15) is 8.78 Å². The van der Waals surface area contributed by atoms with Gasteiger partial charge in [0.2, 0.25) is 5.88 Å². The van der Waals surface area contributed by atoms with Gasteiger partial charge in [0, 0.05) is 0 Å². The van der Waals surface area contributed by atoms with Gasteiger partial charge < -0.3 is 14.9 Å². The number of hydrogen-bond acceptors (Lipinski definition) is 4. The van der Waals surface area contributed by atoms with Gasteiger partial charge in [-0.15, -0.1) is 0 Å². The quantitative estimate of drug-likeness (QED) is 0.778. The molecule has 1 aromatic heterocycles. The number of ether oxygens (including phenoxy) is 1. The number of hydrogen-bond donors (Lipinski definition) is 2. The molecule has 4 nitrogen and oxygen atoms in total. The van der Waals surface area contributed by atoms with Gasteiger partial charge in [-0.2, -0.15) is 0 Å². The van der Waals surface area contributed by atoms with E-state index in [1.165, 1.54) is 7.11 Å². The zero-order valence-corrected chi connectivity index (χ0v) is 7.37.